The zero-order valence-corrected chi connectivity index (χ0v) is 12.4. The van der Waals surface area contributed by atoms with Crippen molar-refractivity contribution >= 4 is 22.8 Å². The first kappa shape index (κ1) is 13.6. The maximum absolute atomic E-state index is 12.0. The second-order valence-electron chi connectivity index (χ2n) is 5.37. The lowest BCUT2D eigenvalue weighted by atomic mass is 10.2. The summed E-state index contributed by atoms with van der Waals surface area (Å²) in [4.78, 5) is 26.4. The van der Waals surface area contributed by atoms with Gasteiger partial charge in [-0.1, -0.05) is 12.1 Å². The zero-order chi connectivity index (χ0) is 14.8. The van der Waals surface area contributed by atoms with Gasteiger partial charge in [0.25, 0.3) is 0 Å². The van der Waals surface area contributed by atoms with Crippen LogP contribution in [-0.2, 0) is 0 Å². The average Bonchev–Trinajstić information content (AvgIpc) is 2.53. The summed E-state index contributed by atoms with van der Waals surface area (Å²) >= 11 is 0. The molecule has 110 valence electrons. The van der Waals surface area contributed by atoms with Gasteiger partial charge in [-0.3, -0.25) is 0 Å². The second kappa shape index (κ2) is 5.55. The van der Waals surface area contributed by atoms with E-state index in [2.05, 4.69) is 14.9 Å². The third kappa shape index (κ3) is 2.61. The van der Waals surface area contributed by atoms with E-state index >= 15 is 0 Å². The smallest absolute Gasteiger partial charge is 0.319 e. The predicted molar refractivity (Wildman–Crippen MR) is 82.4 cm³/mol. The summed E-state index contributed by atoms with van der Waals surface area (Å²) in [6.45, 7) is 3.02. The molecule has 1 fully saturated rings. The minimum Gasteiger partial charge on any atom is -0.352 e. The Kier molecular flexibility index (Phi) is 3.60. The molecule has 21 heavy (non-hydrogen) atoms. The number of fused-ring (bicyclic) bond motifs is 1. The van der Waals surface area contributed by atoms with Gasteiger partial charge in [-0.2, -0.15) is 0 Å². The first-order valence-corrected chi connectivity index (χ1v) is 7.08. The number of hydrogen-bond acceptors (Lipinski definition) is 4. The molecule has 1 aliphatic heterocycles. The van der Waals surface area contributed by atoms with E-state index in [1.54, 1.807) is 25.3 Å². The number of hydrogen-bond donors (Lipinski definition) is 0. The number of benzene rings is 1. The molecule has 2 aromatic rings. The highest BCUT2D eigenvalue weighted by atomic mass is 16.2. The molecule has 3 rings (SSSR count). The number of amides is 2. The monoisotopic (exact) mass is 285 g/mol. The molecule has 6 nitrogen and oxygen atoms in total. The molecule has 0 saturated carbocycles. The topological polar surface area (TPSA) is 52.6 Å². The summed E-state index contributed by atoms with van der Waals surface area (Å²) in [5, 5.41) is 1.06. The Labute approximate surface area is 124 Å². The van der Waals surface area contributed by atoms with Gasteiger partial charge in [0.1, 0.15) is 12.1 Å². The minimum absolute atomic E-state index is 0.0715. The largest absolute Gasteiger partial charge is 0.352 e. The van der Waals surface area contributed by atoms with Crippen molar-refractivity contribution in [2.24, 2.45) is 0 Å². The zero-order valence-electron chi connectivity index (χ0n) is 12.4. The lowest BCUT2D eigenvalue weighted by Crippen LogP contribution is -2.51. The van der Waals surface area contributed by atoms with Crippen LogP contribution in [0.1, 0.15) is 0 Å². The quantitative estimate of drug-likeness (QED) is 0.795. The van der Waals surface area contributed by atoms with Gasteiger partial charge in [0.05, 0.1) is 5.52 Å². The van der Waals surface area contributed by atoms with Crippen molar-refractivity contribution in [3.8, 4) is 0 Å². The summed E-state index contributed by atoms with van der Waals surface area (Å²) in [6.07, 6.45) is 1.61. The van der Waals surface area contributed by atoms with Crippen molar-refractivity contribution < 1.29 is 4.79 Å². The molecular formula is C15H19N5O. The molecular weight excluding hydrogens is 266 g/mol. The SMILES string of the molecule is CN(C)C(=O)N1CCN(c2ncnc3ccccc23)CC1. The Morgan fingerprint density at radius 1 is 1.10 bits per heavy atom. The molecule has 1 aromatic heterocycles. The molecule has 0 radical (unpaired) electrons. The van der Waals surface area contributed by atoms with Crippen LogP contribution in [0.25, 0.3) is 10.9 Å². The first-order valence-electron chi connectivity index (χ1n) is 7.08. The average molecular weight is 285 g/mol. The van der Waals surface area contributed by atoms with E-state index in [4.69, 9.17) is 0 Å². The molecule has 0 N–H and O–H groups in total. The number of carbonyl (C=O) groups is 1. The van der Waals surface area contributed by atoms with Gasteiger partial charge in [0.2, 0.25) is 0 Å². The van der Waals surface area contributed by atoms with Crippen LogP contribution in [0.3, 0.4) is 0 Å². The Bertz CT molecular complexity index is 644. The summed E-state index contributed by atoms with van der Waals surface area (Å²) < 4.78 is 0. The van der Waals surface area contributed by atoms with Crippen molar-refractivity contribution in [1.82, 2.24) is 19.8 Å². The summed E-state index contributed by atoms with van der Waals surface area (Å²) in [5.74, 6) is 0.956. The predicted octanol–water partition coefficient (Wildman–Crippen LogP) is 1.43. The molecule has 1 aliphatic rings. The Morgan fingerprint density at radius 3 is 2.52 bits per heavy atom. The van der Waals surface area contributed by atoms with E-state index < -0.39 is 0 Å². The van der Waals surface area contributed by atoms with Gasteiger partial charge in [0, 0.05) is 45.7 Å². The highest BCUT2D eigenvalue weighted by Crippen LogP contribution is 2.23. The maximum atomic E-state index is 12.0. The molecule has 0 spiro atoms. The van der Waals surface area contributed by atoms with Crippen molar-refractivity contribution in [1.29, 1.82) is 0 Å². The van der Waals surface area contributed by atoms with Crippen molar-refractivity contribution in [2.75, 3.05) is 45.2 Å². The van der Waals surface area contributed by atoms with E-state index in [9.17, 15) is 4.79 Å². The Balaban J connectivity index is 1.79. The maximum Gasteiger partial charge on any atom is 0.319 e. The van der Waals surface area contributed by atoms with Gasteiger partial charge in [-0.15, -0.1) is 0 Å². The standard InChI is InChI=1S/C15H19N5O/c1-18(2)15(21)20-9-7-19(8-10-20)14-12-5-3-4-6-13(12)16-11-17-14/h3-6,11H,7-10H2,1-2H3. The molecule has 1 aromatic carbocycles. The number of rotatable bonds is 1. The minimum atomic E-state index is 0.0715. The number of anilines is 1. The normalized spacial score (nSPS) is 15.3. The number of urea groups is 1. The van der Waals surface area contributed by atoms with E-state index in [1.165, 1.54) is 0 Å². The number of piperazine rings is 1. The summed E-state index contributed by atoms with van der Waals surface area (Å²) in [6, 6.07) is 8.09. The number of aromatic nitrogens is 2. The van der Waals surface area contributed by atoms with E-state index in [0.29, 0.717) is 0 Å². The van der Waals surface area contributed by atoms with Crippen LogP contribution in [0.15, 0.2) is 30.6 Å². The molecule has 1 saturated heterocycles. The fourth-order valence-corrected chi connectivity index (χ4v) is 2.63. The fraction of sp³-hybridized carbons (Fsp3) is 0.400. The van der Waals surface area contributed by atoms with Gasteiger partial charge in [-0.25, -0.2) is 14.8 Å². The van der Waals surface area contributed by atoms with E-state index in [0.717, 1.165) is 42.9 Å². The van der Waals surface area contributed by atoms with E-state index in [1.807, 2.05) is 29.2 Å². The molecule has 0 bridgehead atoms. The molecule has 0 unspecified atom stereocenters. The molecule has 0 aliphatic carbocycles. The Hall–Kier alpha value is -2.37. The van der Waals surface area contributed by atoms with Crippen LogP contribution in [0.5, 0.6) is 0 Å². The van der Waals surface area contributed by atoms with Gasteiger partial charge in [0.15, 0.2) is 0 Å². The first-order chi connectivity index (χ1) is 10.2. The van der Waals surface area contributed by atoms with Crippen LogP contribution in [-0.4, -0.2) is 66.1 Å². The van der Waals surface area contributed by atoms with Gasteiger partial charge >= 0.3 is 6.03 Å². The summed E-state index contributed by atoms with van der Waals surface area (Å²) in [7, 11) is 3.57. The lowest BCUT2D eigenvalue weighted by Gasteiger charge is -2.36. The molecule has 2 heterocycles. The molecule has 0 atom stereocenters. The van der Waals surface area contributed by atoms with Gasteiger partial charge in [-0.05, 0) is 12.1 Å². The third-order valence-corrected chi connectivity index (χ3v) is 3.75. The molecule has 2 amide bonds. The lowest BCUT2D eigenvalue weighted by molar-refractivity contribution is 0.168. The van der Waals surface area contributed by atoms with Crippen LogP contribution < -0.4 is 4.90 Å². The second-order valence-corrected chi connectivity index (χ2v) is 5.37. The van der Waals surface area contributed by atoms with Crippen molar-refractivity contribution in [3.63, 3.8) is 0 Å². The van der Waals surface area contributed by atoms with Crippen LogP contribution in [0, 0.1) is 0 Å². The number of carbonyl (C=O) groups excluding carboxylic acids is 1. The fourth-order valence-electron chi connectivity index (χ4n) is 2.63. The highest BCUT2D eigenvalue weighted by molar-refractivity contribution is 5.89. The van der Waals surface area contributed by atoms with Crippen molar-refractivity contribution in [3.05, 3.63) is 30.6 Å². The number of para-hydroxylation sites is 1. The molecule has 6 heteroatoms. The number of nitrogens with zero attached hydrogens (tertiary/aromatic N) is 5. The van der Waals surface area contributed by atoms with Crippen LogP contribution >= 0.6 is 0 Å². The summed E-state index contributed by atoms with van der Waals surface area (Å²) in [5.41, 5.74) is 0.953. The van der Waals surface area contributed by atoms with Crippen molar-refractivity contribution in [2.45, 2.75) is 0 Å². The Morgan fingerprint density at radius 2 is 1.81 bits per heavy atom. The van der Waals surface area contributed by atoms with E-state index in [-0.39, 0.29) is 6.03 Å². The third-order valence-electron chi connectivity index (χ3n) is 3.75. The van der Waals surface area contributed by atoms with Gasteiger partial charge < -0.3 is 14.7 Å². The highest BCUT2D eigenvalue weighted by Gasteiger charge is 2.23. The van der Waals surface area contributed by atoms with Crippen LogP contribution in [0.4, 0.5) is 10.6 Å². The van der Waals surface area contributed by atoms with Crippen LogP contribution in [0.2, 0.25) is 0 Å².